The molecule has 1 saturated heterocycles. The van der Waals surface area contributed by atoms with Crippen LogP contribution in [0.5, 0.6) is 23.0 Å². The van der Waals surface area contributed by atoms with Crippen molar-refractivity contribution in [2.24, 2.45) is 0 Å². The summed E-state index contributed by atoms with van der Waals surface area (Å²) in [6.45, 7) is 2.83. The summed E-state index contributed by atoms with van der Waals surface area (Å²) in [6, 6.07) is 26.5. The number of fused-ring (bicyclic) bond motifs is 1. The van der Waals surface area contributed by atoms with E-state index in [0.29, 0.717) is 28.7 Å². The number of rotatable bonds is 11. The zero-order valence-electron chi connectivity index (χ0n) is 28.1. The van der Waals surface area contributed by atoms with Crippen LogP contribution in [0.25, 0.3) is 10.9 Å². The largest absolute Gasteiger partial charge is 0.493 e. The summed E-state index contributed by atoms with van der Waals surface area (Å²) in [5.41, 5.74) is 4.74. The van der Waals surface area contributed by atoms with E-state index in [1.807, 2.05) is 48.5 Å². The molecule has 49 heavy (non-hydrogen) atoms. The first-order valence-electron chi connectivity index (χ1n) is 16.2. The Morgan fingerprint density at radius 3 is 2.12 bits per heavy atom. The lowest BCUT2D eigenvalue weighted by Crippen LogP contribution is -2.32. The normalized spacial score (nSPS) is 13.5. The zero-order valence-corrected chi connectivity index (χ0v) is 28.1. The van der Waals surface area contributed by atoms with Gasteiger partial charge in [0.05, 0.1) is 50.8 Å². The third-order valence-electron chi connectivity index (χ3n) is 8.95. The molecule has 1 aliphatic heterocycles. The number of piperidine rings is 1. The van der Waals surface area contributed by atoms with Gasteiger partial charge >= 0.3 is 0 Å². The molecular weight excluding hydrogens is 620 g/mol. The van der Waals surface area contributed by atoms with Gasteiger partial charge in [-0.25, -0.2) is 0 Å². The van der Waals surface area contributed by atoms with Gasteiger partial charge in [0.1, 0.15) is 0 Å². The van der Waals surface area contributed by atoms with E-state index in [9.17, 15) is 9.59 Å². The number of aromatic nitrogens is 1. The van der Waals surface area contributed by atoms with Gasteiger partial charge in [0.25, 0.3) is 11.8 Å². The number of nitrogens with zero attached hydrogens (tertiary/aromatic N) is 2. The summed E-state index contributed by atoms with van der Waals surface area (Å²) in [5.74, 6) is 1.85. The summed E-state index contributed by atoms with van der Waals surface area (Å²) in [4.78, 5) is 33.8. The minimum Gasteiger partial charge on any atom is -0.493 e. The molecule has 1 aromatic heterocycles. The number of anilines is 2. The quantitative estimate of drug-likeness (QED) is 0.154. The minimum absolute atomic E-state index is 0.227. The van der Waals surface area contributed by atoms with E-state index in [-0.39, 0.29) is 11.3 Å². The van der Waals surface area contributed by atoms with Gasteiger partial charge in [0.2, 0.25) is 0 Å². The molecule has 0 saturated carbocycles. The van der Waals surface area contributed by atoms with Gasteiger partial charge in [-0.1, -0.05) is 36.4 Å². The second-order valence-electron chi connectivity index (χ2n) is 11.9. The summed E-state index contributed by atoms with van der Waals surface area (Å²) in [7, 11) is 6.30. The second kappa shape index (κ2) is 15.1. The number of ether oxygens (including phenoxy) is 4. The van der Waals surface area contributed by atoms with Crippen molar-refractivity contribution in [3.05, 3.63) is 113 Å². The van der Waals surface area contributed by atoms with Crippen LogP contribution >= 0.6 is 0 Å². The fourth-order valence-corrected chi connectivity index (χ4v) is 6.26. The van der Waals surface area contributed by atoms with Crippen molar-refractivity contribution in [3.63, 3.8) is 0 Å². The maximum atomic E-state index is 13.7. The molecule has 4 aromatic carbocycles. The van der Waals surface area contributed by atoms with E-state index in [2.05, 4.69) is 38.7 Å². The number of nitrogens with one attached hydrogen (secondary N) is 2. The van der Waals surface area contributed by atoms with Crippen LogP contribution in [-0.2, 0) is 6.54 Å². The molecule has 1 aliphatic rings. The summed E-state index contributed by atoms with van der Waals surface area (Å²) in [5, 5.41) is 6.69. The molecule has 10 nitrogen and oxygen atoms in total. The SMILES string of the molecule is COc1ccc(CN2CCC(c3ccc(NC(=O)c4cc(OC)c(OC)cc4NC(=O)c4cnc5ccccc5c4)cc3)CC2)cc1OC. The smallest absolute Gasteiger partial charge is 0.257 e. The Hall–Kier alpha value is -5.61. The fraction of sp³-hybridized carbons (Fsp3) is 0.256. The van der Waals surface area contributed by atoms with Gasteiger partial charge < -0.3 is 29.6 Å². The molecule has 2 heterocycles. The van der Waals surface area contributed by atoms with Crippen LogP contribution < -0.4 is 29.6 Å². The molecule has 2 N–H and O–H groups in total. The van der Waals surface area contributed by atoms with Crippen molar-refractivity contribution < 1.29 is 28.5 Å². The van der Waals surface area contributed by atoms with Crippen molar-refractivity contribution in [2.45, 2.75) is 25.3 Å². The molecule has 6 rings (SSSR count). The molecule has 10 heteroatoms. The van der Waals surface area contributed by atoms with Crippen LogP contribution in [0.4, 0.5) is 11.4 Å². The van der Waals surface area contributed by atoms with Gasteiger partial charge in [-0.3, -0.25) is 19.5 Å². The van der Waals surface area contributed by atoms with E-state index < -0.39 is 11.8 Å². The Morgan fingerprint density at radius 1 is 0.735 bits per heavy atom. The van der Waals surface area contributed by atoms with Crippen LogP contribution in [0.2, 0.25) is 0 Å². The first kappa shape index (κ1) is 33.3. The van der Waals surface area contributed by atoms with E-state index in [1.54, 1.807) is 32.4 Å². The van der Waals surface area contributed by atoms with Crippen molar-refractivity contribution in [3.8, 4) is 23.0 Å². The number of benzene rings is 4. The topological polar surface area (TPSA) is 111 Å². The number of para-hydroxylation sites is 1. The lowest BCUT2D eigenvalue weighted by Gasteiger charge is -2.32. The van der Waals surface area contributed by atoms with Crippen LogP contribution in [-0.4, -0.2) is 63.2 Å². The maximum Gasteiger partial charge on any atom is 0.257 e. The Bertz CT molecular complexity index is 1950. The third-order valence-corrected chi connectivity index (χ3v) is 8.95. The molecule has 1 fully saturated rings. The Kier molecular flexibility index (Phi) is 10.2. The lowest BCUT2D eigenvalue weighted by atomic mass is 9.89. The average molecular weight is 661 g/mol. The number of pyridine rings is 1. The van der Waals surface area contributed by atoms with Crippen molar-refractivity contribution in [1.82, 2.24) is 9.88 Å². The number of hydrogen-bond donors (Lipinski definition) is 2. The number of carbonyl (C=O) groups is 2. The van der Waals surface area contributed by atoms with Crippen LogP contribution in [0.1, 0.15) is 50.6 Å². The summed E-state index contributed by atoms with van der Waals surface area (Å²) >= 11 is 0. The highest BCUT2D eigenvalue weighted by atomic mass is 16.5. The number of hydrogen-bond acceptors (Lipinski definition) is 8. The zero-order chi connectivity index (χ0) is 34.3. The Morgan fingerprint density at radius 2 is 1.41 bits per heavy atom. The first-order chi connectivity index (χ1) is 23.9. The van der Waals surface area contributed by atoms with Crippen molar-refractivity contribution in [2.75, 3.05) is 52.2 Å². The second-order valence-corrected chi connectivity index (χ2v) is 11.9. The summed E-state index contributed by atoms with van der Waals surface area (Å²) < 4.78 is 21.8. The van der Waals surface area contributed by atoms with Crippen molar-refractivity contribution in [1.29, 1.82) is 0 Å². The summed E-state index contributed by atoms with van der Waals surface area (Å²) in [6.07, 6.45) is 3.60. The molecule has 5 aromatic rings. The van der Waals surface area contributed by atoms with Crippen molar-refractivity contribution >= 4 is 34.1 Å². The lowest BCUT2D eigenvalue weighted by molar-refractivity contribution is 0.102. The number of amides is 2. The molecule has 0 spiro atoms. The van der Waals surface area contributed by atoms with Crippen LogP contribution in [0, 0.1) is 0 Å². The highest BCUT2D eigenvalue weighted by molar-refractivity contribution is 6.13. The van der Waals surface area contributed by atoms with Gasteiger partial charge in [0, 0.05) is 29.9 Å². The van der Waals surface area contributed by atoms with E-state index in [0.717, 1.165) is 54.9 Å². The Balaban J connectivity index is 1.11. The van der Waals surface area contributed by atoms with Crippen LogP contribution in [0.15, 0.2) is 91.1 Å². The molecule has 0 bridgehead atoms. The van der Waals surface area contributed by atoms with E-state index in [4.69, 9.17) is 18.9 Å². The van der Waals surface area contributed by atoms with Gasteiger partial charge in [-0.05, 0) is 85.4 Å². The van der Waals surface area contributed by atoms with Gasteiger partial charge in [0.15, 0.2) is 23.0 Å². The number of methoxy groups -OCH3 is 4. The first-order valence-corrected chi connectivity index (χ1v) is 16.2. The molecule has 0 unspecified atom stereocenters. The standard InChI is InChI=1S/C39H40N4O6/c1-46-34-14-9-25(19-35(34)47-2)24-43-17-15-27(16-18-43)26-10-12-30(13-11-26)41-39(45)31-21-36(48-3)37(49-4)22-33(31)42-38(44)29-20-28-7-5-6-8-32(28)40-23-29/h5-14,19-23,27H,15-18,24H2,1-4H3,(H,41,45)(H,42,44). The predicted octanol–water partition coefficient (Wildman–Crippen LogP) is 7.15. The van der Waals surface area contributed by atoms with Gasteiger partial charge in [-0.15, -0.1) is 0 Å². The average Bonchev–Trinajstić information content (AvgIpc) is 3.14. The van der Waals surface area contributed by atoms with E-state index >= 15 is 0 Å². The van der Waals surface area contributed by atoms with Crippen LogP contribution in [0.3, 0.4) is 0 Å². The minimum atomic E-state index is -0.404. The molecule has 0 radical (unpaired) electrons. The molecule has 252 valence electrons. The Labute approximate surface area is 286 Å². The number of likely N-dealkylation sites (tertiary alicyclic amines) is 1. The number of carbonyl (C=O) groups excluding carboxylic acids is 2. The molecule has 0 aliphatic carbocycles. The maximum absolute atomic E-state index is 13.7. The third kappa shape index (κ3) is 7.60. The highest BCUT2D eigenvalue weighted by Gasteiger charge is 2.23. The van der Waals surface area contributed by atoms with E-state index in [1.165, 1.54) is 31.5 Å². The molecule has 0 atom stereocenters. The molecular formula is C39H40N4O6. The highest BCUT2D eigenvalue weighted by Crippen LogP contribution is 2.35. The monoisotopic (exact) mass is 660 g/mol. The predicted molar refractivity (Wildman–Crippen MR) is 190 cm³/mol. The fourth-order valence-electron chi connectivity index (χ4n) is 6.26. The van der Waals surface area contributed by atoms with Gasteiger partial charge in [-0.2, -0.15) is 0 Å². The molecule has 2 amide bonds.